The Morgan fingerprint density at radius 2 is 2.24 bits per heavy atom. The van der Waals surface area contributed by atoms with Crippen molar-refractivity contribution < 1.29 is 0 Å². The molecule has 0 saturated heterocycles. The molecule has 0 aliphatic carbocycles. The van der Waals surface area contributed by atoms with Crippen molar-refractivity contribution in [2.45, 2.75) is 6.54 Å². The summed E-state index contributed by atoms with van der Waals surface area (Å²) >= 11 is 0. The number of nitrogens with two attached hydrogens (primary N) is 1. The van der Waals surface area contributed by atoms with Gasteiger partial charge in [0.2, 0.25) is 0 Å². The third-order valence-corrected chi connectivity index (χ3v) is 2.96. The maximum Gasteiger partial charge on any atom is 0.158 e. The molecule has 5 nitrogen and oxygen atoms in total. The number of hydrogen-bond acceptors (Lipinski definition) is 3. The Hall–Kier alpha value is -2.14. The summed E-state index contributed by atoms with van der Waals surface area (Å²) in [6, 6.07) is 7.96. The van der Waals surface area contributed by atoms with E-state index in [-0.39, 0.29) is 0 Å². The van der Waals surface area contributed by atoms with Crippen molar-refractivity contribution in [1.82, 2.24) is 19.7 Å². The van der Waals surface area contributed by atoms with E-state index in [1.807, 2.05) is 35.9 Å². The zero-order valence-corrected chi connectivity index (χ0v) is 9.51. The zero-order chi connectivity index (χ0) is 11.8. The van der Waals surface area contributed by atoms with Gasteiger partial charge in [-0.2, -0.15) is 5.10 Å². The minimum absolute atomic E-state index is 0.497. The third-order valence-electron chi connectivity index (χ3n) is 2.96. The minimum atomic E-state index is 0.497. The van der Waals surface area contributed by atoms with Crippen molar-refractivity contribution in [2.24, 2.45) is 12.8 Å². The topological polar surface area (TPSA) is 72.5 Å². The molecule has 3 rings (SSSR count). The number of rotatable bonds is 2. The van der Waals surface area contributed by atoms with Crippen molar-refractivity contribution in [3.8, 4) is 11.5 Å². The number of aromatic amines is 1. The van der Waals surface area contributed by atoms with Crippen LogP contribution in [0, 0.1) is 0 Å². The lowest BCUT2D eigenvalue weighted by Gasteiger charge is -1.99. The molecule has 3 aromatic rings. The van der Waals surface area contributed by atoms with Crippen LogP contribution >= 0.6 is 0 Å². The van der Waals surface area contributed by atoms with E-state index in [2.05, 4.69) is 15.2 Å². The van der Waals surface area contributed by atoms with Gasteiger partial charge in [0.15, 0.2) is 5.82 Å². The molecule has 0 unspecified atom stereocenters. The molecule has 0 radical (unpaired) electrons. The summed E-state index contributed by atoms with van der Waals surface area (Å²) in [5.41, 5.74) is 9.73. The second kappa shape index (κ2) is 3.71. The van der Waals surface area contributed by atoms with E-state index < -0.39 is 0 Å². The lowest BCUT2D eigenvalue weighted by molar-refractivity contribution is 0.944. The van der Waals surface area contributed by atoms with Gasteiger partial charge in [-0.05, 0) is 17.7 Å². The Morgan fingerprint density at radius 3 is 2.94 bits per heavy atom. The van der Waals surface area contributed by atoms with Gasteiger partial charge < -0.3 is 10.3 Å². The average molecular weight is 227 g/mol. The van der Waals surface area contributed by atoms with E-state index >= 15 is 0 Å². The Kier molecular flexibility index (Phi) is 2.19. The largest absolute Gasteiger partial charge is 0.326 e. The summed E-state index contributed by atoms with van der Waals surface area (Å²) in [6.07, 6.45) is 1.72. The number of aromatic nitrogens is 4. The summed E-state index contributed by atoms with van der Waals surface area (Å²) in [4.78, 5) is 4.64. The van der Waals surface area contributed by atoms with Gasteiger partial charge in [-0.1, -0.05) is 12.1 Å². The minimum Gasteiger partial charge on any atom is -0.326 e. The van der Waals surface area contributed by atoms with Crippen LogP contribution in [0.5, 0.6) is 0 Å². The van der Waals surface area contributed by atoms with Crippen LogP contribution in [0.2, 0.25) is 0 Å². The van der Waals surface area contributed by atoms with Gasteiger partial charge in [-0.25, -0.2) is 4.98 Å². The van der Waals surface area contributed by atoms with Gasteiger partial charge in [0, 0.05) is 19.8 Å². The van der Waals surface area contributed by atoms with Gasteiger partial charge >= 0.3 is 0 Å². The van der Waals surface area contributed by atoms with Gasteiger partial charge in [0.25, 0.3) is 0 Å². The van der Waals surface area contributed by atoms with Gasteiger partial charge in [0.1, 0.15) is 5.69 Å². The van der Waals surface area contributed by atoms with Crippen molar-refractivity contribution in [3.63, 3.8) is 0 Å². The Balaban J connectivity index is 2.32. The van der Waals surface area contributed by atoms with Crippen LogP contribution in [0.3, 0.4) is 0 Å². The number of aryl methyl sites for hydroxylation is 1. The summed E-state index contributed by atoms with van der Waals surface area (Å²) < 4.78 is 2.04. The molecular formula is C12H13N5. The Morgan fingerprint density at radius 1 is 1.35 bits per heavy atom. The van der Waals surface area contributed by atoms with Gasteiger partial charge in [0.05, 0.1) is 11.0 Å². The number of H-pyrrole nitrogens is 1. The molecule has 0 aliphatic heterocycles. The Labute approximate surface area is 98.3 Å². The molecule has 17 heavy (non-hydrogen) atoms. The highest BCUT2D eigenvalue weighted by molar-refractivity contribution is 5.82. The average Bonchev–Trinajstić information content (AvgIpc) is 2.97. The van der Waals surface area contributed by atoms with Gasteiger partial charge in [-0.3, -0.25) is 5.10 Å². The molecule has 0 saturated carbocycles. The maximum absolute atomic E-state index is 5.72. The molecule has 0 fully saturated rings. The van der Waals surface area contributed by atoms with E-state index in [4.69, 9.17) is 5.73 Å². The lowest BCUT2D eigenvalue weighted by Crippen LogP contribution is -1.97. The highest BCUT2D eigenvalue weighted by Gasteiger charge is 2.12. The molecule has 0 amide bonds. The number of nitrogens with one attached hydrogen (secondary N) is 1. The summed E-state index contributed by atoms with van der Waals surface area (Å²) in [6.45, 7) is 0.497. The first kappa shape index (κ1) is 10.0. The third kappa shape index (κ3) is 1.43. The van der Waals surface area contributed by atoms with Crippen molar-refractivity contribution in [1.29, 1.82) is 0 Å². The molecule has 2 aromatic heterocycles. The van der Waals surface area contributed by atoms with Gasteiger partial charge in [-0.15, -0.1) is 0 Å². The second-order valence-corrected chi connectivity index (χ2v) is 3.95. The fourth-order valence-electron chi connectivity index (χ4n) is 2.06. The molecular weight excluding hydrogens is 214 g/mol. The number of para-hydroxylation sites is 1. The molecule has 86 valence electrons. The zero-order valence-electron chi connectivity index (χ0n) is 9.51. The summed E-state index contributed by atoms with van der Waals surface area (Å²) in [5.74, 6) is 0.874. The predicted molar refractivity (Wildman–Crippen MR) is 66.2 cm³/mol. The molecule has 3 N–H and O–H groups in total. The molecule has 0 aliphatic rings. The normalized spacial score (nSPS) is 11.2. The summed E-state index contributed by atoms with van der Waals surface area (Å²) in [7, 11) is 1.99. The van der Waals surface area contributed by atoms with Crippen LogP contribution in [0.1, 0.15) is 5.56 Å². The van der Waals surface area contributed by atoms with Crippen LogP contribution < -0.4 is 5.73 Å². The Bertz CT molecular complexity index is 651. The molecule has 2 heterocycles. The van der Waals surface area contributed by atoms with Crippen LogP contribution in [0.15, 0.2) is 30.5 Å². The van der Waals surface area contributed by atoms with E-state index in [0.29, 0.717) is 6.54 Å². The quantitative estimate of drug-likeness (QED) is 0.695. The van der Waals surface area contributed by atoms with E-state index in [0.717, 1.165) is 28.1 Å². The number of fused-ring (bicyclic) bond motifs is 1. The highest BCUT2D eigenvalue weighted by Crippen LogP contribution is 2.24. The van der Waals surface area contributed by atoms with Crippen molar-refractivity contribution in [3.05, 3.63) is 36.0 Å². The standard InChI is InChI=1S/C12H13N5/c1-17-10-4-2-3-8(7-13)11(10)15-12(17)9-5-6-14-16-9/h2-6H,7,13H2,1H3,(H,14,16). The first-order valence-electron chi connectivity index (χ1n) is 5.45. The molecule has 0 atom stereocenters. The molecule has 5 heteroatoms. The fourth-order valence-corrected chi connectivity index (χ4v) is 2.06. The second-order valence-electron chi connectivity index (χ2n) is 3.95. The first-order chi connectivity index (χ1) is 8.31. The monoisotopic (exact) mass is 227 g/mol. The molecule has 1 aromatic carbocycles. The lowest BCUT2D eigenvalue weighted by atomic mass is 10.2. The first-order valence-corrected chi connectivity index (χ1v) is 5.45. The number of benzene rings is 1. The maximum atomic E-state index is 5.72. The van der Waals surface area contributed by atoms with Crippen LogP contribution in [0.4, 0.5) is 0 Å². The molecule has 0 spiro atoms. The molecule has 0 bridgehead atoms. The number of nitrogens with zero attached hydrogens (tertiary/aromatic N) is 3. The smallest absolute Gasteiger partial charge is 0.158 e. The van der Waals surface area contributed by atoms with E-state index in [1.165, 1.54) is 0 Å². The van der Waals surface area contributed by atoms with Crippen molar-refractivity contribution in [2.75, 3.05) is 0 Å². The van der Waals surface area contributed by atoms with Crippen LogP contribution in [-0.2, 0) is 13.6 Å². The number of hydrogen-bond donors (Lipinski definition) is 2. The van der Waals surface area contributed by atoms with E-state index in [9.17, 15) is 0 Å². The summed E-state index contributed by atoms with van der Waals surface area (Å²) in [5, 5.41) is 6.88. The van der Waals surface area contributed by atoms with Crippen LogP contribution in [-0.4, -0.2) is 19.7 Å². The number of imidazole rings is 1. The van der Waals surface area contributed by atoms with E-state index in [1.54, 1.807) is 6.20 Å². The van der Waals surface area contributed by atoms with Crippen molar-refractivity contribution >= 4 is 11.0 Å². The fraction of sp³-hybridized carbons (Fsp3) is 0.167. The highest BCUT2D eigenvalue weighted by atomic mass is 15.1. The predicted octanol–water partition coefficient (Wildman–Crippen LogP) is 1.42. The SMILES string of the molecule is Cn1c(-c2ccn[nH]2)nc2c(CN)cccc21. The van der Waals surface area contributed by atoms with Crippen LogP contribution in [0.25, 0.3) is 22.6 Å².